The summed E-state index contributed by atoms with van der Waals surface area (Å²) in [6.07, 6.45) is 0. The van der Waals surface area contributed by atoms with Gasteiger partial charge in [0, 0.05) is 33.4 Å². The lowest BCUT2D eigenvalue weighted by Gasteiger charge is -2.26. The van der Waals surface area contributed by atoms with E-state index in [1.54, 1.807) is 0 Å². The first-order chi connectivity index (χ1) is 26.8. The Balaban J connectivity index is 1.04. The molecule has 0 saturated carbocycles. The third-order valence-corrected chi connectivity index (χ3v) is 10.5. The van der Waals surface area contributed by atoms with Gasteiger partial charge in [-0.3, -0.25) is 0 Å². The minimum absolute atomic E-state index is 0.891. The van der Waals surface area contributed by atoms with E-state index in [9.17, 15) is 0 Å². The van der Waals surface area contributed by atoms with E-state index in [2.05, 4.69) is 217 Å². The van der Waals surface area contributed by atoms with Crippen LogP contribution in [0, 0.1) is 0 Å². The predicted octanol–water partition coefficient (Wildman–Crippen LogP) is 14.9. The number of benzene rings is 9. The van der Waals surface area contributed by atoms with Gasteiger partial charge in [0.25, 0.3) is 0 Å². The van der Waals surface area contributed by atoms with Crippen molar-refractivity contribution in [3.05, 3.63) is 212 Å². The Hall–Kier alpha value is -7.16. The molecule has 0 atom stereocenters. The molecule has 2 heteroatoms. The maximum atomic E-state index is 6.65. The third-order valence-electron chi connectivity index (χ3n) is 10.5. The molecule has 0 aliphatic heterocycles. The summed E-state index contributed by atoms with van der Waals surface area (Å²) in [5.41, 5.74) is 14.5. The maximum Gasteiger partial charge on any atom is 0.143 e. The average molecular weight is 690 g/mol. The van der Waals surface area contributed by atoms with Gasteiger partial charge in [-0.2, -0.15) is 0 Å². The Bertz CT molecular complexity index is 2790. The molecule has 1 aromatic heterocycles. The van der Waals surface area contributed by atoms with Crippen LogP contribution in [0.4, 0.5) is 17.1 Å². The molecule has 9 aromatic carbocycles. The molecule has 0 bridgehead atoms. The summed E-state index contributed by atoms with van der Waals surface area (Å²) in [4.78, 5) is 2.33. The fourth-order valence-corrected chi connectivity index (χ4v) is 7.76. The van der Waals surface area contributed by atoms with Crippen molar-refractivity contribution in [2.45, 2.75) is 0 Å². The van der Waals surface area contributed by atoms with Gasteiger partial charge in [0.15, 0.2) is 0 Å². The molecule has 254 valence electrons. The molecule has 0 spiro atoms. The van der Waals surface area contributed by atoms with Gasteiger partial charge >= 0.3 is 0 Å². The lowest BCUT2D eigenvalue weighted by molar-refractivity contribution is 0.670. The number of hydrogen-bond acceptors (Lipinski definition) is 2. The van der Waals surface area contributed by atoms with Crippen LogP contribution in [-0.2, 0) is 0 Å². The number of fused-ring (bicyclic) bond motifs is 4. The summed E-state index contributed by atoms with van der Waals surface area (Å²) < 4.78 is 6.65. The van der Waals surface area contributed by atoms with Crippen LogP contribution in [0.2, 0.25) is 0 Å². The fraction of sp³-hybridized carbons (Fsp3) is 0. The van der Waals surface area contributed by atoms with Crippen molar-refractivity contribution in [3.63, 3.8) is 0 Å². The van der Waals surface area contributed by atoms with Gasteiger partial charge in [-0.15, -0.1) is 0 Å². The van der Waals surface area contributed by atoms with Crippen LogP contribution < -0.4 is 4.90 Å². The molecule has 0 radical (unpaired) electrons. The van der Waals surface area contributed by atoms with Gasteiger partial charge in [-0.05, 0) is 104 Å². The molecule has 10 aromatic rings. The van der Waals surface area contributed by atoms with Crippen molar-refractivity contribution in [3.8, 4) is 44.5 Å². The van der Waals surface area contributed by atoms with Crippen LogP contribution in [0.5, 0.6) is 0 Å². The molecule has 1 heterocycles. The van der Waals surface area contributed by atoms with Crippen LogP contribution in [0.25, 0.3) is 77.2 Å². The first-order valence-electron chi connectivity index (χ1n) is 18.4. The first kappa shape index (κ1) is 31.6. The standard InChI is InChI=1S/C52H35NO/c1-4-12-36(13-5-1)38-20-27-44(28-21-38)53(45-29-22-39(23-30-45)37-14-6-2-7-15-37)46-31-24-40(25-32-46)42-26-33-50-48(34-42)49-35-43-18-10-11-19-47(43)51(52(49)54-50)41-16-8-3-9-17-41/h1-35H. The number of anilines is 3. The zero-order valence-corrected chi connectivity index (χ0v) is 29.6. The van der Waals surface area contributed by atoms with E-state index in [0.717, 1.165) is 61.3 Å². The van der Waals surface area contributed by atoms with Crippen molar-refractivity contribution < 1.29 is 4.42 Å². The number of furan rings is 1. The summed E-state index contributed by atoms with van der Waals surface area (Å²) in [7, 11) is 0. The second-order valence-electron chi connectivity index (χ2n) is 13.7. The molecular formula is C52H35NO. The second-order valence-corrected chi connectivity index (χ2v) is 13.7. The summed E-state index contributed by atoms with van der Waals surface area (Å²) in [6, 6.07) is 75.7. The molecule has 0 amide bonds. The minimum Gasteiger partial charge on any atom is -0.455 e. The van der Waals surface area contributed by atoms with Gasteiger partial charge in [0.05, 0.1) is 0 Å². The van der Waals surface area contributed by atoms with E-state index < -0.39 is 0 Å². The zero-order chi connectivity index (χ0) is 35.8. The van der Waals surface area contributed by atoms with E-state index in [0.29, 0.717) is 0 Å². The summed E-state index contributed by atoms with van der Waals surface area (Å²) in [5.74, 6) is 0. The number of rotatable bonds is 7. The van der Waals surface area contributed by atoms with Gasteiger partial charge in [-0.25, -0.2) is 0 Å². The smallest absolute Gasteiger partial charge is 0.143 e. The van der Waals surface area contributed by atoms with Crippen molar-refractivity contribution in [1.29, 1.82) is 0 Å². The van der Waals surface area contributed by atoms with Crippen LogP contribution in [0.3, 0.4) is 0 Å². The minimum atomic E-state index is 0.891. The van der Waals surface area contributed by atoms with Gasteiger partial charge in [0.2, 0.25) is 0 Å². The van der Waals surface area contributed by atoms with E-state index in [1.165, 1.54) is 33.0 Å². The molecule has 0 N–H and O–H groups in total. The highest BCUT2D eigenvalue weighted by molar-refractivity contribution is 6.18. The Labute approximate surface area is 314 Å². The summed E-state index contributed by atoms with van der Waals surface area (Å²) >= 11 is 0. The Morgan fingerprint density at radius 3 is 1.26 bits per heavy atom. The molecule has 10 rings (SSSR count). The van der Waals surface area contributed by atoms with Crippen molar-refractivity contribution in [2.24, 2.45) is 0 Å². The van der Waals surface area contributed by atoms with Crippen molar-refractivity contribution >= 4 is 49.8 Å². The SMILES string of the molecule is c1ccc(-c2ccc(N(c3ccc(-c4ccccc4)cc3)c3ccc(-c4ccc5oc6c(-c7ccccc7)c7ccccc7cc6c5c4)cc3)cc2)cc1. The predicted molar refractivity (Wildman–Crippen MR) is 228 cm³/mol. The third kappa shape index (κ3) is 5.71. The zero-order valence-electron chi connectivity index (χ0n) is 29.6. The fourth-order valence-electron chi connectivity index (χ4n) is 7.76. The normalized spacial score (nSPS) is 11.3. The van der Waals surface area contributed by atoms with Crippen LogP contribution in [-0.4, -0.2) is 0 Å². The molecule has 0 fully saturated rings. The summed E-state index contributed by atoms with van der Waals surface area (Å²) in [6.45, 7) is 0. The second kappa shape index (κ2) is 13.4. The summed E-state index contributed by atoms with van der Waals surface area (Å²) in [5, 5.41) is 4.65. The molecule has 0 saturated heterocycles. The van der Waals surface area contributed by atoms with Gasteiger partial charge in [0.1, 0.15) is 11.2 Å². The quantitative estimate of drug-likeness (QED) is 0.166. The topological polar surface area (TPSA) is 16.4 Å². The highest BCUT2D eigenvalue weighted by atomic mass is 16.3. The van der Waals surface area contributed by atoms with E-state index >= 15 is 0 Å². The molecule has 0 aliphatic carbocycles. The Kier molecular flexibility index (Phi) is 7.85. The molecule has 0 aliphatic rings. The van der Waals surface area contributed by atoms with Crippen LogP contribution in [0.1, 0.15) is 0 Å². The van der Waals surface area contributed by atoms with Crippen LogP contribution in [0.15, 0.2) is 217 Å². The first-order valence-corrected chi connectivity index (χ1v) is 18.4. The maximum absolute atomic E-state index is 6.65. The van der Waals surface area contributed by atoms with Crippen LogP contribution >= 0.6 is 0 Å². The Morgan fingerprint density at radius 1 is 0.296 bits per heavy atom. The molecule has 54 heavy (non-hydrogen) atoms. The van der Waals surface area contributed by atoms with Gasteiger partial charge < -0.3 is 9.32 Å². The molecular weight excluding hydrogens is 655 g/mol. The van der Waals surface area contributed by atoms with Crippen molar-refractivity contribution in [1.82, 2.24) is 0 Å². The largest absolute Gasteiger partial charge is 0.455 e. The van der Waals surface area contributed by atoms with E-state index in [1.807, 2.05) is 0 Å². The number of hydrogen-bond donors (Lipinski definition) is 0. The highest BCUT2D eigenvalue weighted by Crippen LogP contribution is 2.43. The Morgan fingerprint density at radius 2 is 0.722 bits per heavy atom. The lowest BCUT2D eigenvalue weighted by Crippen LogP contribution is -2.09. The van der Waals surface area contributed by atoms with E-state index in [-0.39, 0.29) is 0 Å². The molecule has 0 unspecified atom stereocenters. The average Bonchev–Trinajstić information content (AvgIpc) is 3.62. The van der Waals surface area contributed by atoms with Crippen molar-refractivity contribution in [2.75, 3.05) is 4.90 Å². The number of nitrogens with zero attached hydrogens (tertiary/aromatic N) is 1. The van der Waals surface area contributed by atoms with E-state index in [4.69, 9.17) is 4.42 Å². The highest BCUT2D eigenvalue weighted by Gasteiger charge is 2.18. The molecule has 2 nitrogen and oxygen atoms in total. The monoisotopic (exact) mass is 689 g/mol. The van der Waals surface area contributed by atoms with Gasteiger partial charge in [-0.1, -0.05) is 158 Å². The lowest BCUT2D eigenvalue weighted by atomic mass is 9.94.